The highest BCUT2D eigenvalue weighted by Crippen LogP contribution is 2.28. The summed E-state index contributed by atoms with van der Waals surface area (Å²) in [5, 5.41) is 3.25. The molecule has 2 rings (SSSR count). The highest BCUT2D eigenvalue weighted by atomic mass is 79.9. The zero-order chi connectivity index (χ0) is 16.3. The lowest BCUT2D eigenvalue weighted by molar-refractivity contribution is 0.268. The lowest BCUT2D eigenvalue weighted by atomic mass is 9.98. The highest BCUT2D eigenvalue weighted by Gasteiger charge is 2.31. The van der Waals surface area contributed by atoms with E-state index in [1.165, 1.54) is 4.31 Å². The second-order valence-electron chi connectivity index (χ2n) is 5.35. The third-order valence-electron chi connectivity index (χ3n) is 3.85. The number of hydrogen-bond donors (Lipinski definition) is 1. The smallest absolute Gasteiger partial charge is 0.246 e. The van der Waals surface area contributed by atoms with Crippen LogP contribution in [-0.4, -0.2) is 38.9 Å². The van der Waals surface area contributed by atoms with Gasteiger partial charge in [0.05, 0.1) is 4.47 Å². The Morgan fingerprint density at radius 1 is 1.26 bits per heavy atom. The predicted molar refractivity (Wildman–Crippen MR) is 91.3 cm³/mol. The Labute approximate surface area is 150 Å². The Balaban J connectivity index is 0.00000264. The van der Waals surface area contributed by atoms with Crippen molar-refractivity contribution in [3.63, 3.8) is 0 Å². The number of benzene rings is 1. The predicted octanol–water partition coefficient (Wildman–Crippen LogP) is 3.16. The summed E-state index contributed by atoms with van der Waals surface area (Å²) in [6.45, 7) is 4.47. The van der Waals surface area contributed by atoms with E-state index >= 15 is 0 Å². The van der Waals surface area contributed by atoms with E-state index in [0.29, 0.717) is 25.1 Å². The lowest BCUT2D eigenvalue weighted by Crippen LogP contribution is -2.41. The number of halogens is 4. The van der Waals surface area contributed by atoms with E-state index < -0.39 is 26.6 Å². The summed E-state index contributed by atoms with van der Waals surface area (Å²) < 4.78 is 53.4. The Hall–Kier alpha value is -0.280. The van der Waals surface area contributed by atoms with Gasteiger partial charge in [0, 0.05) is 19.2 Å². The van der Waals surface area contributed by atoms with Crippen LogP contribution in [0.4, 0.5) is 8.78 Å². The van der Waals surface area contributed by atoms with Crippen molar-refractivity contribution in [1.29, 1.82) is 0 Å². The van der Waals surface area contributed by atoms with Gasteiger partial charge in [-0.25, -0.2) is 17.2 Å². The summed E-state index contributed by atoms with van der Waals surface area (Å²) in [5.74, 6) is -1.45. The van der Waals surface area contributed by atoms with Crippen LogP contribution in [0.2, 0.25) is 0 Å². The normalized spacial score (nSPS) is 17.0. The molecular formula is C14H20BrClF2N2O2S. The number of nitrogens with zero attached hydrogens (tertiary/aromatic N) is 1. The van der Waals surface area contributed by atoms with Gasteiger partial charge in [0.25, 0.3) is 0 Å². The molecule has 1 aromatic rings. The largest absolute Gasteiger partial charge is 0.317 e. The van der Waals surface area contributed by atoms with E-state index in [9.17, 15) is 17.2 Å². The molecule has 1 heterocycles. The van der Waals surface area contributed by atoms with E-state index in [1.807, 2.05) is 6.92 Å². The Kier molecular flexibility index (Phi) is 7.86. The fourth-order valence-electron chi connectivity index (χ4n) is 2.54. The van der Waals surface area contributed by atoms with Gasteiger partial charge in [-0.15, -0.1) is 12.4 Å². The summed E-state index contributed by atoms with van der Waals surface area (Å²) in [5.41, 5.74) is 0. The Morgan fingerprint density at radius 2 is 1.87 bits per heavy atom. The molecule has 1 aliphatic heterocycles. The third-order valence-corrected chi connectivity index (χ3v) is 6.37. The molecule has 0 bridgehead atoms. The molecule has 0 atom stereocenters. The number of rotatable bonds is 5. The van der Waals surface area contributed by atoms with Crippen LogP contribution in [0.5, 0.6) is 0 Å². The molecule has 4 nitrogen and oxygen atoms in total. The minimum atomic E-state index is -3.93. The standard InChI is InChI=1S/C14H19BrF2N2O2S.ClH/c1-2-18-9-10-3-5-19(6-4-10)22(20,21)14-7-11(15)12(16)8-13(14)17;/h7-8,10,18H,2-6,9H2,1H3;1H. The van der Waals surface area contributed by atoms with E-state index in [0.717, 1.165) is 32.0 Å². The fourth-order valence-corrected chi connectivity index (χ4v) is 4.58. The number of piperidine rings is 1. The van der Waals surface area contributed by atoms with Crippen molar-refractivity contribution in [3.8, 4) is 0 Å². The van der Waals surface area contributed by atoms with Crippen LogP contribution in [0.15, 0.2) is 21.5 Å². The first-order chi connectivity index (χ1) is 10.4. The molecule has 1 fully saturated rings. The summed E-state index contributed by atoms with van der Waals surface area (Å²) in [6.07, 6.45) is 1.46. The van der Waals surface area contributed by atoms with Crippen LogP contribution in [0.25, 0.3) is 0 Å². The molecule has 0 aromatic heterocycles. The van der Waals surface area contributed by atoms with Gasteiger partial charge in [-0.2, -0.15) is 4.31 Å². The molecule has 1 aliphatic rings. The number of sulfonamides is 1. The fraction of sp³-hybridized carbons (Fsp3) is 0.571. The zero-order valence-electron chi connectivity index (χ0n) is 12.7. The maximum absolute atomic E-state index is 13.8. The number of hydrogen-bond acceptors (Lipinski definition) is 3. The molecule has 0 spiro atoms. The van der Waals surface area contributed by atoms with Crippen molar-refractivity contribution in [1.82, 2.24) is 9.62 Å². The molecule has 0 aliphatic carbocycles. The molecule has 0 amide bonds. The van der Waals surface area contributed by atoms with Crippen LogP contribution in [0.1, 0.15) is 19.8 Å². The molecule has 0 saturated carbocycles. The van der Waals surface area contributed by atoms with Crippen molar-refractivity contribution in [2.24, 2.45) is 5.92 Å². The number of nitrogens with one attached hydrogen (secondary N) is 1. The SMILES string of the molecule is CCNCC1CCN(S(=O)(=O)c2cc(Br)c(F)cc2F)CC1.Cl. The molecular weight excluding hydrogens is 414 g/mol. The van der Waals surface area contributed by atoms with Crippen LogP contribution in [-0.2, 0) is 10.0 Å². The van der Waals surface area contributed by atoms with E-state index in [2.05, 4.69) is 21.2 Å². The average Bonchev–Trinajstić information content (AvgIpc) is 2.49. The highest BCUT2D eigenvalue weighted by molar-refractivity contribution is 9.10. The van der Waals surface area contributed by atoms with Crippen LogP contribution in [0.3, 0.4) is 0 Å². The van der Waals surface area contributed by atoms with Crippen molar-refractivity contribution in [3.05, 3.63) is 28.2 Å². The minimum absolute atomic E-state index is 0. The lowest BCUT2D eigenvalue weighted by Gasteiger charge is -2.31. The second kappa shape index (κ2) is 8.71. The molecule has 0 radical (unpaired) electrons. The van der Waals surface area contributed by atoms with E-state index in [1.54, 1.807) is 0 Å². The quantitative estimate of drug-likeness (QED) is 0.726. The van der Waals surface area contributed by atoms with Gasteiger partial charge in [-0.1, -0.05) is 6.92 Å². The maximum atomic E-state index is 13.8. The third kappa shape index (κ3) is 4.85. The summed E-state index contributed by atoms with van der Waals surface area (Å²) >= 11 is 2.90. The van der Waals surface area contributed by atoms with Gasteiger partial charge in [-0.05, 0) is 53.8 Å². The minimum Gasteiger partial charge on any atom is -0.317 e. The summed E-state index contributed by atoms with van der Waals surface area (Å²) in [7, 11) is -3.93. The van der Waals surface area contributed by atoms with Gasteiger partial charge in [-0.3, -0.25) is 0 Å². The van der Waals surface area contributed by atoms with Crippen molar-refractivity contribution in [2.45, 2.75) is 24.7 Å². The molecule has 1 saturated heterocycles. The van der Waals surface area contributed by atoms with Crippen molar-refractivity contribution >= 4 is 38.4 Å². The molecule has 0 unspecified atom stereocenters. The van der Waals surface area contributed by atoms with E-state index in [4.69, 9.17) is 0 Å². The molecule has 132 valence electrons. The van der Waals surface area contributed by atoms with Crippen molar-refractivity contribution in [2.75, 3.05) is 26.2 Å². The second-order valence-corrected chi connectivity index (χ2v) is 8.11. The van der Waals surface area contributed by atoms with Gasteiger partial charge in [0.2, 0.25) is 10.0 Å². The van der Waals surface area contributed by atoms with Crippen LogP contribution < -0.4 is 5.32 Å². The Bertz CT molecular complexity index is 638. The van der Waals surface area contributed by atoms with Gasteiger partial charge in [0.1, 0.15) is 16.5 Å². The molecule has 1 aromatic carbocycles. The maximum Gasteiger partial charge on any atom is 0.246 e. The average molecular weight is 434 g/mol. The topological polar surface area (TPSA) is 49.4 Å². The van der Waals surface area contributed by atoms with E-state index in [-0.39, 0.29) is 16.9 Å². The summed E-state index contributed by atoms with van der Waals surface area (Å²) in [4.78, 5) is -0.481. The molecule has 9 heteroatoms. The molecule has 1 N–H and O–H groups in total. The first kappa shape index (κ1) is 20.8. The van der Waals surface area contributed by atoms with Gasteiger partial charge < -0.3 is 5.32 Å². The van der Waals surface area contributed by atoms with Gasteiger partial charge >= 0.3 is 0 Å². The van der Waals surface area contributed by atoms with Crippen molar-refractivity contribution < 1.29 is 17.2 Å². The summed E-state index contributed by atoms with van der Waals surface area (Å²) in [6, 6.07) is 1.58. The molecule has 23 heavy (non-hydrogen) atoms. The van der Waals surface area contributed by atoms with Crippen LogP contribution in [0, 0.1) is 17.6 Å². The first-order valence-corrected chi connectivity index (χ1v) is 9.45. The monoisotopic (exact) mass is 432 g/mol. The van der Waals surface area contributed by atoms with Gasteiger partial charge in [0.15, 0.2) is 0 Å². The van der Waals surface area contributed by atoms with Crippen LogP contribution >= 0.6 is 28.3 Å². The Morgan fingerprint density at radius 3 is 2.43 bits per heavy atom. The zero-order valence-corrected chi connectivity index (χ0v) is 15.9. The first-order valence-electron chi connectivity index (χ1n) is 7.21.